The summed E-state index contributed by atoms with van der Waals surface area (Å²) in [5.74, 6) is -0.890. The van der Waals surface area contributed by atoms with Crippen LogP contribution in [0.5, 0.6) is 0 Å². The van der Waals surface area contributed by atoms with Gasteiger partial charge < -0.3 is 5.73 Å². The smallest absolute Gasteiger partial charge is 0.261 e. The Bertz CT molecular complexity index is 759. The Labute approximate surface area is 128 Å². The normalized spacial score (nSPS) is 22.5. The number of nitrogens with two attached hydrogens (primary N) is 1. The van der Waals surface area contributed by atoms with Crippen LogP contribution in [0.3, 0.4) is 0 Å². The molecule has 1 aromatic carbocycles. The number of sulfonamides is 1. The van der Waals surface area contributed by atoms with Crippen molar-refractivity contribution in [2.45, 2.75) is 23.8 Å². The van der Waals surface area contributed by atoms with Gasteiger partial charge in [-0.15, -0.1) is 0 Å². The summed E-state index contributed by atoms with van der Waals surface area (Å²) in [5.41, 5.74) is 6.01. The number of fused-ring (bicyclic) bond motifs is 1. The predicted molar refractivity (Wildman–Crippen MR) is 78.8 cm³/mol. The largest absolute Gasteiger partial charge is 0.329 e. The SMILES string of the molecule is CN1C(=O)c2ccc(S(=O)(=O)N3CCCC3CN)cc2C1=O. The van der Waals surface area contributed by atoms with Gasteiger partial charge in [-0.05, 0) is 31.0 Å². The number of hydrogen-bond acceptors (Lipinski definition) is 5. The standard InChI is InChI=1S/C14H17N3O4S/c1-16-13(18)11-5-4-10(7-12(11)14(16)19)22(20,21)17-6-2-3-9(17)8-15/h4-5,7,9H,2-3,6,8,15H2,1H3. The average molecular weight is 323 g/mol. The van der Waals surface area contributed by atoms with Gasteiger partial charge in [-0.2, -0.15) is 4.31 Å². The minimum Gasteiger partial charge on any atom is -0.329 e. The topological polar surface area (TPSA) is 101 Å². The summed E-state index contributed by atoms with van der Waals surface area (Å²) >= 11 is 0. The molecule has 3 rings (SSSR count). The van der Waals surface area contributed by atoms with Crippen molar-refractivity contribution in [3.05, 3.63) is 29.3 Å². The lowest BCUT2D eigenvalue weighted by Crippen LogP contribution is -2.39. The molecule has 0 aliphatic carbocycles. The first-order valence-electron chi connectivity index (χ1n) is 7.06. The molecular weight excluding hydrogens is 306 g/mol. The van der Waals surface area contributed by atoms with Crippen molar-refractivity contribution in [3.8, 4) is 0 Å². The molecule has 22 heavy (non-hydrogen) atoms. The highest BCUT2D eigenvalue weighted by molar-refractivity contribution is 7.89. The molecule has 118 valence electrons. The molecule has 2 heterocycles. The van der Waals surface area contributed by atoms with Crippen molar-refractivity contribution >= 4 is 21.8 Å². The van der Waals surface area contributed by atoms with Crippen LogP contribution >= 0.6 is 0 Å². The van der Waals surface area contributed by atoms with Crippen molar-refractivity contribution in [3.63, 3.8) is 0 Å². The summed E-state index contributed by atoms with van der Waals surface area (Å²) in [6.45, 7) is 0.693. The van der Waals surface area contributed by atoms with E-state index in [1.165, 1.54) is 29.6 Å². The molecule has 1 aromatic rings. The lowest BCUT2D eigenvalue weighted by Gasteiger charge is -2.22. The third kappa shape index (κ3) is 2.06. The zero-order chi connectivity index (χ0) is 16.1. The predicted octanol–water partition coefficient (Wildman–Crippen LogP) is 0.0242. The molecule has 2 aliphatic rings. The Morgan fingerprint density at radius 2 is 1.91 bits per heavy atom. The lowest BCUT2D eigenvalue weighted by atomic mass is 10.1. The highest BCUT2D eigenvalue weighted by Gasteiger charge is 2.37. The fraction of sp³-hybridized carbons (Fsp3) is 0.429. The van der Waals surface area contributed by atoms with Crippen molar-refractivity contribution in [2.75, 3.05) is 20.1 Å². The lowest BCUT2D eigenvalue weighted by molar-refractivity contribution is 0.0693. The maximum absolute atomic E-state index is 12.7. The minimum absolute atomic E-state index is 0.0306. The monoisotopic (exact) mass is 323 g/mol. The van der Waals surface area contributed by atoms with E-state index in [-0.39, 0.29) is 28.6 Å². The Balaban J connectivity index is 2.04. The van der Waals surface area contributed by atoms with Crippen LogP contribution in [0, 0.1) is 0 Å². The number of imide groups is 1. The van der Waals surface area contributed by atoms with E-state index >= 15 is 0 Å². The third-order valence-electron chi connectivity index (χ3n) is 4.26. The third-order valence-corrected chi connectivity index (χ3v) is 6.21. The second-order valence-corrected chi connectivity index (χ2v) is 7.41. The molecule has 0 spiro atoms. The maximum atomic E-state index is 12.7. The number of carbonyl (C=O) groups is 2. The van der Waals surface area contributed by atoms with Crippen molar-refractivity contribution in [1.29, 1.82) is 0 Å². The number of carbonyl (C=O) groups excluding carboxylic acids is 2. The Hall–Kier alpha value is -1.77. The molecule has 8 heteroatoms. The summed E-state index contributed by atoms with van der Waals surface area (Å²) in [4.78, 5) is 24.9. The van der Waals surface area contributed by atoms with Gasteiger partial charge in [-0.25, -0.2) is 8.42 Å². The summed E-state index contributed by atoms with van der Waals surface area (Å²) in [6, 6.07) is 3.86. The van der Waals surface area contributed by atoms with Crippen LogP contribution in [0.25, 0.3) is 0 Å². The second-order valence-electron chi connectivity index (χ2n) is 5.52. The van der Waals surface area contributed by atoms with Crippen LogP contribution in [0.4, 0.5) is 0 Å². The zero-order valence-corrected chi connectivity index (χ0v) is 13.0. The molecule has 0 aromatic heterocycles. The van der Waals surface area contributed by atoms with Gasteiger partial charge in [0.15, 0.2) is 0 Å². The summed E-state index contributed by atoms with van der Waals surface area (Å²) in [5, 5.41) is 0. The Morgan fingerprint density at radius 1 is 1.23 bits per heavy atom. The molecule has 1 fully saturated rings. The van der Waals surface area contributed by atoms with E-state index in [2.05, 4.69) is 0 Å². The molecule has 1 atom stereocenters. The highest BCUT2D eigenvalue weighted by Crippen LogP contribution is 2.29. The molecule has 2 N–H and O–H groups in total. The number of rotatable bonds is 3. The van der Waals surface area contributed by atoms with Crippen LogP contribution in [0.15, 0.2) is 23.1 Å². The number of amides is 2. The fourth-order valence-corrected chi connectivity index (χ4v) is 4.73. The zero-order valence-electron chi connectivity index (χ0n) is 12.2. The van der Waals surface area contributed by atoms with Crippen LogP contribution < -0.4 is 5.73 Å². The van der Waals surface area contributed by atoms with Gasteiger partial charge in [-0.3, -0.25) is 14.5 Å². The van der Waals surface area contributed by atoms with E-state index in [1.807, 2.05) is 0 Å². The van der Waals surface area contributed by atoms with E-state index in [1.54, 1.807) is 0 Å². The van der Waals surface area contributed by atoms with Gasteiger partial charge in [0.25, 0.3) is 11.8 Å². The van der Waals surface area contributed by atoms with Gasteiger partial charge in [0.05, 0.1) is 16.0 Å². The van der Waals surface area contributed by atoms with Gasteiger partial charge >= 0.3 is 0 Å². The molecule has 2 aliphatic heterocycles. The highest BCUT2D eigenvalue weighted by atomic mass is 32.2. The van der Waals surface area contributed by atoms with Gasteiger partial charge in [0.2, 0.25) is 10.0 Å². The summed E-state index contributed by atoms with van der Waals surface area (Å²) in [6.07, 6.45) is 1.51. The summed E-state index contributed by atoms with van der Waals surface area (Å²) in [7, 11) is -2.33. The Morgan fingerprint density at radius 3 is 2.59 bits per heavy atom. The van der Waals surface area contributed by atoms with Crippen molar-refractivity contribution in [2.24, 2.45) is 5.73 Å². The molecule has 7 nitrogen and oxygen atoms in total. The first kappa shape index (κ1) is 15.1. The number of benzene rings is 1. The number of hydrogen-bond donors (Lipinski definition) is 1. The maximum Gasteiger partial charge on any atom is 0.261 e. The molecule has 0 radical (unpaired) electrons. The average Bonchev–Trinajstić information content (AvgIpc) is 3.08. The van der Waals surface area contributed by atoms with Crippen LogP contribution in [0.2, 0.25) is 0 Å². The second kappa shape index (κ2) is 5.15. The van der Waals surface area contributed by atoms with E-state index in [0.29, 0.717) is 6.54 Å². The first-order valence-corrected chi connectivity index (χ1v) is 8.50. The first-order chi connectivity index (χ1) is 10.4. The Kier molecular flexibility index (Phi) is 3.54. The van der Waals surface area contributed by atoms with Crippen LogP contribution in [0.1, 0.15) is 33.6 Å². The molecule has 0 saturated carbocycles. The van der Waals surface area contributed by atoms with Crippen molar-refractivity contribution in [1.82, 2.24) is 9.21 Å². The van der Waals surface area contributed by atoms with E-state index in [0.717, 1.165) is 17.7 Å². The molecular formula is C14H17N3O4S. The van der Waals surface area contributed by atoms with Crippen molar-refractivity contribution < 1.29 is 18.0 Å². The summed E-state index contributed by atoms with van der Waals surface area (Å²) < 4.78 is 26.9. The van der Waals surface area contributed by atoms with Gasteiger partial charge in [-0.1, -0.05) is 0 Å². The minimum atomic E-state index is -3.71. The van der Waals surface area contributed by atoms with E-state index in [4.69, 9.17) is 5.73 Å². The molecule has 1 unspecified atom stereocenters. The number of nitrogens with zero attached hydrogens (tertiary/aromatic N) is 2. The van der Waals surface area contributed by atoms with E-state index in [9.17, 15) is 18.0 Å². The van der Waals surface area contributed by atoms with Crippen LogP contribution in [-0.4, -0.2) is 55.6 Å². The fourth-order valence-electron chi connectivity index (χ4n) is 3.00. The van der Waals surface area contributed by atoms with Gasteiger partial charge in [0.1, 0.15) is 0 Å². The van der Waals surface area contributed by atoms with E-state index < -0.39 is 21.8 Å². The van der Waals surface area contributed by atoms with Crippen LogP contribution in [-0.2, 0) is 10.0 Å². The quantitative estimate of drug-likeness (QED) is 0.791. The van der Waals surface area contributed by atoms with Gasteiger partial charge in [0, 0.05) is 26.2 Å². The molecule has 0 bridgehead atoms. The molecule has 2 amide bonds. The molecule has 1 saturated heterocycles.